The minimum Gasteiger partial charge on any atom is -0.508 e. The number of nitrogens with one attached hydrogen (secondary N) is 1. The van der Waals surface area contributed by atoms with Crippen molar-refractivity contribution in [3.63, 3.8) is 0 Å². The van der Waals surface area contributed by atoms with Crippen LogP contribution in [-0.2, 0) is 9.53 Å². The Morgan fingerprint density at radius 2 is 1.71 bits per heavy atom. The lowest BCUT2D eigenvalue weighted by Gasteiger charge is -2.20. The smallest absolute Gasteiger partial charge is 0.306 e. The number of H-pyrrole nitrogens is 1. The van der Waals surface area contributed by atoms with E-state index in [9.17, 15) is 24.6 Å². The normalized spacial score (nSPS) is 11.7. The fourth-order valence-corrected chi connectivity index (χ4v) is 4.07. The predicted octanol–water partition coefficient (Wildman–Crippen LogP) is 3.87. The summed E-state index contributed by atoms with van der Waals surface area (Å²) in [6.07, 6.45) is -0.362. The van der Waals surface area contributed by atoms with Crippen molar-refractivity contribution in [1.82, 2.24) is 4.98 Å². The number of aromatic nitrogens is 1. The number of carbonyl (C=O) groups is 2. The van der Waals surface area contributed by atoms with Crippen LogP contribution in [0.3, 0.4) is 0 Å². The van der Waals surface area contributed by atoms with E-state index >= 15 is 0 Å². The number of esters is 1. The first-order valence-corrected chi connectivity index (χ1v) is 10.8. The van der Waals surface area contributed by atoms with Crippen molar-refractivity contribution in [2.45, 2.75) is 12.3 Å². The van der Waals surface area contributed by atoms with E-state index in [0.29, 0.717) is 22.2 Å². The number of hydrogen-bond donors (Lipinski definition) is 3. The fraction of sp³-hybridized carbons (Fsp3) is 0.148. The number of phenolic OH excluding ortho intramolecular Hbond substituents is 2. The highest BCUT2D eigenvalue weighted by Crippen LogP contribution is 2.42. The third kappa shape index (κ3) is 4.59. The molecule has 1 aromatic heterocycles. The second kappa shape index (κ2) is 9.72. The first-order valence-electron chi connectivity index (χ1n) is 10.8. The molecule has 8 nitrogen and oxygen atoms in total. The summed E-state index contributed by atoms with van der Waals surface area (Å²) in [7, 11) is 2.71. The number of fused-ring (bicyclic) bond motifs is 1. The van der Waals surface area contributed by atoms with Gasteiger partial charge in [0.25, 0.3) is 5.56 Å². The molecule has 3 aromatic carbocycles. The van der Waals surface area contributed by atoms with Crippen LogP contribution in [0.1, 0.15) is 39.4 Å². The number of methoxy groups -OCH3 is 2. The van der Waals surface area contributed by atoms with Crippen molar-refractivity contribution in [2.24, 2.45) is 0 Å². The molecule has 0 saturated carbocycles. The van der Waals surface area contributed by atoms with Gasteiger partial charge in [0.15, 0.2) is 5.78 Å². The third-order valence-electron chi connectivity index (χ3n) is 5.88. The van der Waals surface area contributed by atoms with Crippen LogP contribution in [0.15, 0.2) is 71.5 Å². The summed E-state index contributed by atoms with van der Waals surface area (Å²) in [4.78, 5) is 41.2. The molecule has 4 aromatic rings. The number of hydrogen-bond acceptors (Lipinski definition) is 7. The van der Waals surface area contributed by atoms with Gasteiger partial charge < -0.3 is 24.7 Å². The quantitative estimate of drug-likeness (QED) is 0.275. The van der Waals surface area contributed by atoms with E-state index in [1.165, 1.54) is 26.4 Å². The van der Waals surface area contributed by atoms with E-state index in [1.807, 2.05) is 0 Å². The molecule has 0 aliphatic rings. The molecule has 0 fully saturated rings. The number of rotatable bonds is 7. The summed E-state index contributed by atoms with van der Waals surface area (Å²) < 4.78 is 10.1. The molecule has 4 rings (SSSR count). The minimum atomic E-state index is -1.11. The van der Waals surface area contributed by atoms with Gasteiger partial charge in [-0.05, 0) is 36.4 Å². The Hall–Kier alpha value is -4.59. The van der Waals surface area contributed by atoms with Crippen LogP contribution in [0.5, 0.6) is 17.2 Å². The number of ketones is 1. The molecule has 0 amide bonds. The van der Waals surface area contributed by atoms with Crippen molar-refractivity contribution in [3.8, 4) is 17.2 Å². The average Bonchev–Trinajstić information content (AvgIpc) is 2.87. The largest absolute Gasteiger partial charge is 0.508 e. The van der Waals surface area contributed by atoms with Crippen LogP contribution in [0.4, 0.5) is 0 Å². The topological polar surface area (TPSA) is 126 Å². The fourth-order valence-electron chi connectivity index (χ4n) is 4.07. The van der Waals surface area contributed by atoms with Gasteiger partial charge in [-0.2, -0.15) is 0 Å². The van der Waals surface area contributed by atoms with Gasteiger partial charge >= 0.3 is 5.97 Å². The number of benzene rings is 3. The first kappa shape index (κ1) is 23.6. The van der Waals surface area contributed by atoms with E-state index in [-0.39, 0.29) is 28.9 Å². The molecule has 0 radical (unpaired) electrons. The van der Waals surface area contributed by atoms with Crippen LogP contribution in [0.25, 0.3) is 10.9 Å². The van der Waals surface area contributed by atoms with Crippen molar-refractivity contribution in [2.75, 3.05) is 14.2 Å². The van der Waals surface area contributed by atoms with Crippen LogP contribution < -0.4 is 10.3 Å². The molecule has 35 heavy (non-hydrogen) atoms. The van der Waals surface area contributed by atoms with Crippen molar-refractivity contribution >= 4 is 22.7 Å². The summed E-state index contributed by atoms with van der Waals surface area (Å²) in [5.41, 5.74) is 0.265. The SMILES string of the molecule is COC(=O)C[C@H](c1c(O)ccc(C(=O)c2ccccc2)c1O)c1cc2cc(OC)ccc2[nH]c1=O. The van der Waals surface area contributed by atoms with E-state index in [2.05, 4.69) is 4.98 Å². The molecule has 1 heterocycles. The number of aromatic amines is 1. The maximum atomic E-state index is 13.1. The van der Waals surface area contributed by atoms with E-state index in [4.69, 9.17) is 9.47 Å². The van der Waals surface area contributed by atoms with E-state index in [0.717, 1.165) is 0 Å². The molecule has 0 saturated heterocycles. The van der Waals surface area contributed by atoms with Gasteiger partial charge in [-0.1, -0.05) is 30.3 Å². The standard InChI is InChI=1S/C27H23NO7/c1-34-17-8-10-21-16(12-17)13-20(27(33)28-21)19(14-23(30)35-2)24-22(29)11-9-18(26(24)32)25(31)15-6-4-3-5-7-15/h3-13,19,29,32H,14H2,1-2H3,(H,28,33)/t19-/m0/s1. The lowest BCUT2D eigenvalue weighted by molar-refractivity contribution is -0.140. The van der Waals surface area contributed by atoms with Gasteiger partial charge in [0.2, 0.25) is 0 Å². The highest BCUT2D eigenvalue weighted by Gasteiger charge is 2.30. The van der Waals surface area contributed by atoms with Crippen molar-refractivity contribution in [1.29, 1.82) is 0 Å². The summed E-state index contributed by atoms with van der Waals surface area (Å²) in [5, 5.41) is 22.5. The van der Waals surface area contributed by atoms with Crippen LogP contribution in [0.2, 0.25) is 0 Å². The van der Waals surface area contributed by atoms with Gasteiger partial charge in [-0.3, -0.25) is 14.4 Å². The van der Waals surface area contributed by atoms with Gasteiger partial charge in [0.1, 0.15) is 17.2 Å². The monoisotopic (exact) mass is 473 g/mol. The second-order valence-corrected chi connectivity index (χ2v) is 7.93. The molecular formula is C27H23NO7. The molecule has 0 aliphatic carbocycles. The summed E-state index contributed by atoms with van der Waals surface area (Å²) in [6, 6.07) is 17.5. The summed E-state index contributed by atoms with van der Waals surface area (Å²) >= 11 is 0. The van der Waals surface area contributed by atoms with Crippen molar-refractivity contribution < 1.29 is 29.3 Å². The Bertz CT molecular complexity index is 1470. The second-order valence-electron chi connectivity index (χ2n) is 7.93. The minimum absolute atomic E-state index is 0.0715. The molecule has 0 spiro atoms. The molecular weight excluding hydrogens is 450 g/mol. The zero-order valence-electron chi connectivity index (χ0n) is 19.1. The third-order valence-corrected chi connectivity index (χ3v) is 5.88. The van der Waals surface area contributed by atoms with Gasteiger partial charge in [-0.15, -0.1) is 0 Å². The van der Waals surface area contributed by atoms with E-state index in [1.54, 1.807) is 54.6 Å². The molecule has 3 N–H and O–H groups in total. The lowest BCUT2D eigenvalue weighted by Crippen LogP contribution is -2.20. The zero-order valence-corrected chi connectivity index (χ0v) is 19.1. The van der Waals surface area contributed by atoms with E-state index < -0.39 is 29.0 Å². The predicted molar refractivity (Wildman–Crippen MR) is 129 cm³/mol. The maximum absolute atomic E-state index is 13.1. The number of phenols is 2. The maximum Gasteiger partial charge on any atom is 0.306 e. The zero-order chi connectivity index (χ0) is 25.1. The number of ether oxygens (including phenoxy) is 2. The molecule has 0 bridgehead atoms. The summed E-state index contributed by atoms with van der Waals surface area (Å²) in [6.45, 7) is 0. The molecule has 1 atom stereocenters. The lowest BCUT2D eigenvalue weighted by atomic mass is 9.85. The average molecular weight is 473 g/mol. The first-order chi connectivity index (χ1) is 16.8. The number of aromatic hydroxyl groups is 2. The number of pyridine rings is 1. The Balaban J connectivity index is 1.92. The molecule has 178 valence electrons. The Labute approximate surface area is 200 Å². The van der Waals surface area contributed by atoms with Gasteiger partial charge in [0, 0.05) is 33.5 Å². The Morgan fingerprint density at radius 1 is 0.971 bits per heavy atom. The number of carbonyl (C=O) groups excluding carboxylic acids is 2. The summed E-state index contributed by atoms with van der Waals surface area (Å²) in [5.74, 6) is -2.58. The Morgan fingerprint density at radius 3 is 2.40 bits per heavy atom. The molecule has 0 unspecified atom stereocenters. The van der Waals surface area contributed by atoms with Gasteiger partial charge in [0.05, 0.1) is 26.2 Å². The molecule has 8 heteroatoms. The molecule has 0 aliphatic heterocycles. The highest BCUT2D eigenvalue weighted by molar-refractivity contribution is 6.11. The van der Waals surface area contributed by atoms with Crippen LogP contribution in [0, 0.1) is 0 Å². The van der Waals surface area contributed by atoms with Gasteiger partial charge in [-0.25, -0.2) is 0 Å². The highest BCUT2D eigenvalue weighted by atomic mass is 16.5. The van der Waals surface area contributed by atoms with Crippen molar-refractivity contribution in [3.05, 3.63) is 99.3 Å². The Kier molecular flexibility index (Phi) is 6.55. The van der Waals surface area contributed by atoms with Crippen LogP contribution in [-0.4, -0.2) is 41.2 Å². The van der Waals surface area contributed by atoms with Crippen LogP contribution >= 0.6 is 0 Å².